The van der Waals surface area contributed by atoms with Gasteiger partial charge in [0.05, 0.1) is 7.11 Å². The number of aromatic carboxylic acids is 1. The van der Waals surface area contributed by atoms with E-state index in [2.05, 4.69) is 4.98 Å². The molecule has 0 unspecified atom stereocenters. The third-order valence-corrected chi connectivity index (χ3v) is 2.38. The molecular weight excluding hydrogens is 222 g/mol. The SMILES string of the molecule is COc1cc(C)c(-c2ccc(C(=O)O)o2)cn1. The molecule has 0 bridgehead atoms. The molecular formula is C12H11NO4. The summed E-state index contributed by atoms with van der Waals surface area (Å²) >= 11 is 0. The Morgan fingerprint density at radius 3 is 2.76 bits per heavy atom. The van der Waals surface area contributed by atoms with Gasteiger partial charge in [-0.25, -0.2) is 9.78 Å². The summed E-state index contributed by atoms with van der Waals surface area (Å²) in [7, 11) is 1.54. The monoisotopic (exact) mass is 233 g/mol. The molecule has 0 aliphatic rings. The third kappa shape index (κ3) is 2.13. The van der Waals surface area contributed by atoms with E-state index in [0.29, 0.717) is 11.6 Å². The number of pyridine rings is 1. The summed E-state index contributed by atoms with van der Waals surface area (Å²) in [5.74, 6) is -0.183. The van der Waals surface area contributed by atoms with Crippen LogP contribution < -0.4 is 4.74 Å². The fourth-order valence-corrected chi connectivity index (χ4v) is 1.50. The van der Waals surface area contributed by atoms with Crippen LogP contribution in [0.5, 0.6) is 5.88 Å². The highest BCUT2D eigenvalue weighted by atomic mass is 16.5. The molecule has 0 atom stereocenters. The Bertz CT molecular complexity index is 559. The Kier molecular flexibility index (Phi) is 2.82. The van der Waals surface area contributed by atoms with E-state index in [4.69, 9.17) is 14.3 Å². The van der Waals surface area contributed by atoms with Crippen LogP contribution in [0.4, 0.5) is 0 Å². The van der Waals surface area contributed by atoms with Gasteiger partial charge in [-0.05, 0) is 24.6 Å². The second kappa shape index (κ2) is 4.29. The van der Waals surface area contributed by atoms with Gasteiger partial charge in [-0.1, -0.05) is 0 Å². The minimum atomic E-state index is -1.09. The zero-order valence-corrected chi connectivity index (χ0v) is 9.43. The van der Waals surface area contributed by atoms with Crippen LogP contribution in [-0.2, 0) is 0 Å². The number of rotatable bonds is 3. The third-order valence-electron chi connectivity index (χ3n) is 2.38. The number of aryl methyl sites for hydroxylation is 1. The Hall–Kier alpha value is -2.30. The number of ether oxygens (including phenoxy) is 1. The van der Waals surface area contributed by atoms with Gasteiger partial charge in [-0.3, -0.25) is 0 Å². The molecule has 0 saturated carbocycles. The van der Waals surface area contributed by atoms with Gasteiger partial charge >= 0.3 is 5.97 Å². The average molecular weight is 233 g/mol. The van der Waals surface area contributed by atoms with E-state index < -0.39 is 5.97 Å². The summed E-state index contributed by atoms with van der Waals surface area (Å²) in [4.78, 5) is 14.8. The van der Waals surface area contributed by atoms with Gasteiger partial charge in [0.25, 0.3) is 0 Å². The van der Waals surface area contributed by atoms with Gasteiger partial charge in [0.1, 0.15) is 5.76 Å². The maximum atomic E-state index is 10.7. The standard InChI is InChI=1S/C12H11NO4/c1-7-5-11(16-2)13-6-8(7)9-3-4-10(17-9)12(14)15/h3-6H,1-2H3,(H,14,15). The molecule has 0 aliphatic carbocycles. The van der Waals surface area contributed by atoms with Gasteiger partial charge in [0, 0.05) is 17.8 Å². The number of aromatic nitrogens is 1. The lowest BCUT2D eigenvalue weighted by Crippen LogP contribution is -1.92. The molecule has 5 heteroatoms. The quantitative estimate of drug-likeness (QED) is 0.880. The van der Waals surface area contributed by atoms with Crippen molar-refractivity contribution >= 4 is 5.97 Å². The first-order valence-electron chi connectivity index (χ1n) is 4.96. The Balaban J connectivity index is 2.42. The molecule has 2 aromatic heterocycles. The highest BCUT2D eigenvalue weighted by molar-refractivity contribution is 5.85. The van der Waals surface area contributed by atoms with Crippen LogP contribution in [0.25, 0.3) is 11.3 Å². The van der Waals surface area contributed by atoms with Crippen molar-refractivity contribution < 1.29 is 19.1 Å². The summed E-state index contributed by atoms with van der Waals surface area (Å²) < 4.78 is 10.2. The minimum Gasteiger partial charge on any atom is -0.481 e. The molecule has 1 N–H and O–H groups in total. The molecule has 2 rings (SSSR count). The summed E-state index contributed by atoms with van der Waals surface area (Å²) in [6.07, 6.45) is 1.60. The van der Waals surface area contributed by atoms with E-state index in [0.717, 1.165) is 11.1 Å². The van der Waals surface area contributed by atoms with Crippen LogP contribution in [0, 0.1) is 6.92 Å². The molecule has 0 saturated heterocycles. The summed E-state index contributed by atoms with van der Waals surface area (Å²) in [5.41, 5.74) is 1.65. The van der Waals surface area contributed by atoms with Crippen LogP contribution in [0.2, 0.25) is 0 Å². The van der Waals surface area contributed by atoms with E-state index in [1.165, 1.54) is 13.2 Å². The molecule has 0 amide bonds. The molecule has 88 valence electrons. The van der Waals surface area contributed by atoms with E-state index in [1.807, 2.05) is 6.92 Å². The zero-order valence-electron chi connectivity index (χ0n) is 9.43. The largest absolute Gasteiger partial charge is 0.481 e. The van der Waals surface area contributed by atoms with E-state index in [-0.39, 0.29) is 5.76 Å². The summed E-state index contributed by atoms with van der Waals surface area (Å²) in [6, 6.07) is 4.79. The number of furan rings is 1. The molecule has 5 nitrogen and oxygen atoms in total. The lowest BCUT2D eigenvalue weighted by atomic mass is 10.1. The van der Waals surface area contributed by atoms with Crippen molar-refractivity contribution in [1.29, 1.82) is 0 Å². The van der Waals surface area contributed by atoms with Crippen molar-refractivity contribution in [3.8, 4) is 17.2 Å². The van der Waals surface area contributed by atoms with E-state index >= 15 is 0 Å². The van der Waals surface area contributed by atoms with Gasteiger partial charge in [-0.2, -0.15) is 0 Å². The van der Waals surface area contributed by atoms with Crippen molar-refractivity contribution in [3.05, 3.63) is 35.7 Å². The highest BCUT2D eigenvalue weighted by Gasteiger charge is 2.12. The number of methoxy groups -OCH3 is 1. The van der Waals surface area contributed by atoms with Crippen molar-refractivity contribution in [3.63, 3.8) is 0 Å². The van der Waals surface area contributed by atoms with Crippen LogP contribution in [0.15, 0.2) is 28.8 Å². The normalized spacial score (nSPS) is 10.2. The summed E-state index contributed by atoms with van der Waals surface area (Å²) in [5, 5.41) is 8.77. The summed E-state index contributed by atoms with van der Waals surface area (Å²) in [6.45, 7) is 1.88. The Morgan fingerprint density at radius 1 is 1.47 bits per heavy atom. The second-order valence-corrected chi connectivity index (χ2v) is 3.51. The van der Waals surface area contributed by atoms with E-state index in [1.54, 1.807) is 18.3 Å². The molecule has 0 aromatic carbocycles. The molecule has 17 heavy (non-hydrogen) atoms. The lowest BCUT2D eigenvalue weighted by molar-refractivity contribution is 0.0663. The Labute approximate surface area is 97.7 Å². The number of carboxylic acids is 1. The molecule has 0 aliphatic heterocycles. The topological polar surface area (TPSA) is 72.6 Å². The van der Waals surface area contributed by atoms with E-state index in [9.17, 15) is 4.79 Å². The fraction of sp³-hybridized carbons (Fsp3) is 0.167. The van der Waals surface area contributed by atoms with Crippen molar-refractivity contribution in [2.24, 2.45) is 0 Å². The van der Waals surface area contributed by atoms with Crippen LogP contribution in [0.3, 0.4) is 0 Å². The zero-order chi connectivity index (χ0) is 12.4. The molecule has 0 fully saturated rings. The van der Waals surface area contributed by atoms with Crippen LogP contribution in [-0.4, -0.2) is 23.2 Å². The first-order chi connectivity index (χ1) is 8.11. The van der Waals surface area contributed by atoms with Crippen LogP contribution in [0.1, 0.15) is 16.1 Å². The van der Waals surface area contributed by atoms with Crippen LogP contribution >= 0.6 is 0 Å². The maximum absolute atomic E-state index is 10.7. The molecule has 2 aromatic rings. The van der Waals surface area contributed by atoms with Gasteiger partial charge in [0.15, 0.2) is 0 Å². The Morgan fingerprint density at radius 2 is 2.24 bits per heavy atom. The van der Waals surface area contributed by atoms with Gasteiger partial charge in [0.2, 0.25) is 11.6 Å². The number of hydrogen-bond acceptors (Lipinski definition) is 4. The molecule has 0 spiro atoms. The van der Waals surface area contributed by atoms with Gasteiger partial charge < -0.3 is 14.3 Å². The number of hydrogen-bond donors (Lipinski definition) is 1. The number of nitrogens with zero attached hydrogens (tertiary/aromatic N) is 1. The predicted molar refractivity (Wildman–Crippen MR) is 60.2 cm³/mol. The van der Waals surface area contributed by atoms with Gasteiger partial charge in [-0.15, -0.1) is 0 Å². The molecule has 0 radical (unpaired) electrons. The maximum Gasteiger partial charge on any atom is 0.371 e. The molecule has 2 heterocycles. The smallest absolute Gasteiger partial charge is 0.371 e. The highest BCUT2D eigenvalue weighted by Crippen LogP contribution is 2.26. The average Bonchev–Trinajstić information content (AvgIpc) is 2.78. The first-order valence-corrected chi connectivity index (χ1v) is 4.96. The lowest BCUT2D eigenvalue weighted by Gasteiger charge is -2.04. The minimum absolute atomic E-state index is 0.0878. The van der Waals surface area contributed by atoms with Crippen molar-refractivity contribution in [2.45, 2.75) is 6.92 Å². The fourth-order valence-electron chi connectivity index (χ4n) is 1.50. The number of carboxylic acid groups (broad SMARTS) is 1. The number of carbonyl (C=O) groups is 1. The van der Waals surface area contributed by atoms with Crippen molar-refractivity contribution in [2.75, 3.05) is 7.11 Å². The second-order valence-electron chi connectivity index (χ2n) is 3.51. The predicted octanol–water partition coefficient (Wildman–Crippen LogP) is 2.36. The van der Waals surface area contributed by atoms with Crippen molar-refractivity contribution in [1.82, 2.24) is 4.98 Å². The first kappa shape index (κ1) is 11.2.